The van der Waals surface area contributed by atoms with Gasteiger partial charge < -0.3 is 15.0 Å². The highest BCUT2D eigenvalue weighted by molar-refractivity contribution is 7.89. The smallest absolute Gasteiger partial charge is 0.269 e. The number of morpholine rings is 1. The van der Waals surface area contributed by atoms with E-state index in [2.05, 4.69) is 5.32 Å². The number of rotatable bonds is 8. The molecule has 0 spiro atoms. The molecule has 0 saturated carbocycles. The van der Waals surface area contributed by atoms with Gasteiger partial charge in [0.15, 0.2) is 0 Å². The Morgan fingerprint density at radius 2 is 1.75 bits per heavy atom. The third kappa shape index (κ3) is 5.06. The fourth-order valence-electron chi connectivity index (χ4n) is 3.50. The Morgan fingerprint density at radius 1 is 1.12 bits per heavy atom. The maximum atomic E-state index is 13.0. The zero-order chi connectivity index (χ0) is 23.3. The fourth-order valence-corrected chi connectivity index (χ4v) is 4.98. The number of benzene rings is 2. The van der Waals surface area contributed by atoms with Crippen LogP contribution in [0.15, 0.2) is 47.4 Å². The number of carbonyl (C=O) groups is 1. The van der Waals surface area contributed by atoms with Gasteiger partial charge in [0.25, 0.3) is 11.6 Å². The van der Waals surface area contributed by atoms with Gasteiger partial charge in [-0.05, 0) is 30.3 Å². The van der Waals surface area contributed by atoms with Crippen molar-refractivity contribution in [2.45, 2.75) is 18.7 Å². The molecule has 1 N–H and O–H groups in total. The van der Waals surface area contributed by atoms with Crippen molar-refractivity contribution in [3.05, 3.63) is 58.1 Å². The molecule has 2 aromatic rings. The quantitative estimate of drug-likeness (QED) is 0.473. The molecule has 172 valence electrons. The number of nitro benzene ring substituents is 1. The molecule has 10 nitrogen and oxygen atoms in total. The largest absolute Gasteiger partial charge is 0.378 e. The minimum Gasteiger partial charge on any atom is -0.378 e. The summed E-state index contributed by atoms with van der Waals surface area (Å²) in [5, 5.41) is 13.6. The van der Waals surface area contributed by atoms with E-state index in [1.165, 1.54) is 34.6 Å². The molecule has 1 amide bonds. The molecule has 0 atom stereocenters. The van der Waals surface area contributed by atoms with E-state index in [9.17, 15) is 23.3 Å². The zero-order valence-corrected chi connectivity index (χ0v) is 18.8. The van der Waals surface area contributed by atoms with E-state index in [0.717, 1.165) is 0 Å². The Bertz CT molecular complexity index is 1080. The van der Waals surface area contributed by atoms with E-state index in [4.69, 9.17) is 4.74 Å². The number of anilines is 2. The molecule has 3 rings (SSSR count). The lowest BCUT2D eigenvalue weighted by molar-refractivity contribution is -0.384. The minimum atomic E-state index is -3.72. The van der Waals surface area contributed by atoms with Crippen molar-refractivity contribution in [3.8, 4) is 0 Å². The number of hydrogen-bond acceptors (Lipinski definition) is 7. The molecule has 11 heteroatoms. The summed E-state index contributed by atoms with van der Waals surface area (Å²) in [4.78, 5) is 25.3. The molecule has 0 unspecified atom stereocenters. The van der Waals surface area contributed by atoms with Crippen LogP contribution in [0.25, 0.3) is 0 Å². The zero-order valence-electron chi connectivity index (χ0n) is 18.0. The fraction of sp³-hybridized carbons (Fsp3) is 0.381. The minimum absolute atomic E-state index is 0.0807. The molecule has 1 aliphatic heterocycles. The monoisotopic (exact) mass is 462 g/mol. The Morgan fingerprint density at radius 3 is 2.31 bits per heavy atom. The van der Waals surface area contributed by atoms with Gasteiger partial charge in [-0.25, -0.2) is 8.42 Å². The van der Waals surface area contributed by atoms with Gasteiger partial charge in [0.2, 0.25) is 10.0 Å². The number of carbonyl (C=O) groups excluding carboxylic acids is 1. The lowest BCUT2D eigenvalue weighted by Crippen LogP contribution is -2.37. The van der Waals surface area contributed by atoms with Gasteiger partial charge in [0.05, 0.1) is 34.4 Å². The van der Waals surface area contributed by atoms with Crippen molar-refractivity contribution in [1.82, 2.24) is 4.31 Å². The number of non-ortho nitro benzene ring substituents is 1. The van der Waals surface area contributed by atoms with Gasteiger partial charge in [-0.15, -0.1) is 0 Å². The van der Waals surface area contributed by atoms with Gasteiger partial charge in [-0.1, -0.05) is 13.8 Å². The van der Waals surface area contributed by atoms with Gasteiger partial charge in [0, 0.05) is 43.9 Å². The summed E-state index contributed by atoms with van der Waals surface area (Å²) in [7, 11) is -3.72. The number of hydrogen-bond donors (Lipinski definition) is 1. The first kappa shape index (κ1) is 23.6. The van der Waals surface area contributed by atoms with Gasteiger partial charge in [0.1, 0.15) is 0 Å². The number of ether oxygens (including phenoxy) is 1. The lowest BCUT2D eigenvalue weighted by atomic mass is 10.1. The Hall–Kier alpha value is -3.02. The highest BCUT2D eigenvalue weighted by Crippen LogP contribution is 2.31. The lowest BCUT2D eigenvalue weighted by Gasteiger charge is -2.31. The first-order valence-electron chi connectivity index (χ1n) is 10.3. The molecular weight excluding hydrogens is 436 g/mol. The SMILES string of the molecule is CCN(CC)S(=O)(=O)c1ccc(N2CCOCC2)c(NC(=O)c2ccc([N+](=O)[O-])cc2)c1. The van der Waals surface area contributed by atoms with Crippen LogP contribution in [0.3, 0.4) is 0 Å². The van der Waals surface area contributed by atoms with Crippen LogP contribution < -0.4 is 10.2 Å². The molecule has 2 aromatic carbocycles. The number of sulfonamides is 1. The molecule has 32 heavy (non-hydrogen) atoms. The van der Waals surface area contributed by atoms with Crippen molar-refractivity contribution >= 4 is 33.0 Å². The molecule has 1 saturated heterocycles. The second-order valence-electron chi connectivity index (χ2n) is 7.13. The van der Waals surface area contributed by atoms with Crippen LogP contribution in [0.1, 0.15) is 24.2 Å². The molecule has 1 fully saturated rings. The van der Waals surface area contributed by atoms with Crippen LogP contribution in [0.4, 0.5) is 17.1 Å². The summed E-state index contributed by atoms with van der Waals surface area (Å²) < 4.78 is 32.8. The van der Waals surface area contributed by atoms with Crippen molar-refractivity contribution in [1.29, 1.82) is 0 Å². The Balaban J connectivity index is 1.98. The van der Waals surface area contributed by atoms with Crippen LogP contribution in [-0.2, 0) is 14.8 Å². The van der Waals surface area contributed by atoms with Crippen LogP contribution in [0, 0.1) is 10.1 Å². The average molecular weight is 463 g/mol. The Kier molecular flexibility index (Phi) is 7.44. The molecule has 0 aromatic heterocycles. The van der Waals surface area contributed by atoms with Crippen molar-refractivity contribution in [3.63, 3.8) is 0 Å². The summed E-state index contributed by atoms with van der Waals surface area (Å²) in [5.74, 6) is -0.494. The van der Waals surface area contributed by atoms with Crippen LogP contribution >= 0.6 is 0 Å². The highest BCUT2D eigenvalue weighted by Gasteiger charge is 2.25. The van der Waals surface area contributed by atoms with Crippen LogP contribution in [0.5, 0.6) is 0 Å². The van der Waals surface area contributed by atoms with Crippen LogP contribution in [-0.4, -0.2) is 62.9 Å². The number of nitrogens with one attached hydrogen (secondary N) is 1. The first-order chi connectivity index (χ1) is 15.3. The van der Waals surface area contributed by atoms with E-state index >= 15 is 0 Å². The van der Waals surface area contributed by atoms with Crippen molar-refractivity contribution in [2.24, 2.45) is 0 Å². The van der Waals surface area contributed by atoms with Crippen molar-refractivity contribution < 1.29 is 22.9 Å². The van der Waals surface area contributed by atoms with Gasteiger partial charge in [-0.2, -0.15) is 4.31 Å². The van der Waals surface area contributed by atoms with E-state index in [-0.39, 0.29) is 16.1 Å². The summed E-state index contributed by atoms with van der Waals surface area (Å²) in [5.41, 5.74) is 1.13. The van der Waals surface area contributed by atoms with Gasteiger partial charge in [-0.3, -0.25) is 14.9 Å². The maximum Gasteiger partial charge on any atom is 0.269 e. The predicted molar refractivity (Wildman–Crippen MR) is 121 cm³/mol. The topological polar surface area (TPSA) is 122 Å². The summed E-state index contributed by atoms with van der Waals surface area (Å²) in [6.07, 6.45) is 0. The molecule has 0 bridgehead atoms. The average Bonchev–Trinajstić information content (AvgIpc) is 2.80. The second kappa shape index (κ2) is 10.1. The number of amides is 1. The molecule has 0 aliphatic carbocycles. The second-order valence-corrected chi connectivity index (χ2v) is 9.06. The van der Waals surface area contributed by atoms with E-state index in [1.54, 1.807) is 26.0 Å². The number of nitro groups is 1. The first-order valence-corrected chi connectivity index (χ1v) is 11.7. The van der Waals surface area contributed by atoms with E-state index in [1.807, 2.05) is 4.90 Å². The Labute approximate surface area is 187 Å². The molecular formula is C21H26N4O6S. The summed E-state index contributed by atoms with van der Waals surface area (Å²) in [6.45, 7) is 6.43. The molecule has 1 aliphatic rings. The van der Waals surface area contributed by atoms with E-state index < -0.39 is 20.9 Å². The summed E-state index contributed by atoms with van der Waals surface area (Å²) >= 11 is 0. The predicted octanol–water partition coefficient (Wildman–Crippen LogP) is 2.71. The normalized spacial score (nSPS) is 14.4. The number of nitrogens with zero attached hydrogens (tertiary/aromatic N) is 3. The molecule has 0 radical (unpaired) electrons. The van der Waals surface area contributed by atoms with Crippen LogP contribution in [0.2, 0.25) is 0 Å². The van der Waals surface area contributed by atoms with Gasteiger partial charge >= 0.3 is 0 Å². The van der Waals surface area contributed by atoms with Crippen molar-refractivity contribution in [2.75, 3.05) is 49.6 Å². The third-order valence-electron chi connectivity index (χ3n) is 5.25. The van der Waals surface area contributed by atoms with E-state index in [0.29, 0.717) is 50.8 Å². The standard InChI is InChI=1S/C21H26N4O6S/c1-3-24(4-2)32(29,30)18-9-10-20(23-11-13-31-14-12-23)19(15-18)22-21(26)16-5-7-17(8-6-16)25(27)28/h5-10,15H,3-4,11-14H2,1-2H3,(H,22,26). The summed E-state index contributed by atoms with van der Waals surface area (Å²) in [6, 6.07) is 9.91. The maximum absolute atomic E-state index is 13.0. The highest BCUT2D eigenvalue weighted by atomic mass is 32.2. The molecule has 1 heterocycles. The third-order valence-corrected chi connectivity index (χ3v) is 7.30.